The smallest absolute Gasteiger partial charge is 0.243 e. The molecule has 1 aliphatic heterocycles. The molecule has 0 unspecified atom stereocenters. The summed E-state index contributed by atoms with van der Waals surface area (Å²) in [6.07, 6.45) is 2.06. The monoisotopic (exact) mass is 285 g/mol. The Balaban J connectivity index is 2.20. The first-order valence-corrected chi connectivity index (χ1v) is 7.70. The lowest BCUT2D eigenvalue weighted by Crippen LogP contribution is -2.27. The molecule has 0 aliphatic carbocycles. The molecule has 0 bridgehead atoms. The summed E-state index contributed by atoms with van der Waals surface area (Å²) < 4.78 is 25.9. The van der Waals surface area contributed by atoms with Crippen molar-refractivity contribution in [1.29, 1.82) is 0 Å². The first-order chi connectivity index (χ1) is 8.50. The summed E-state index contributed by atoms with van der Waals surface area (Å²) in [6, 6.07) is 6.44. The van der Waals surface area contributed by atoms with Crippen molar-refractivity contribution >= 4 is 27.8 Å². The van der Waals surface area contributed by atoms with Crippen LogP contribution in [0.1, 0.15) is 18.4 Å². The normalized spacial score (nSPS) is 16.9. The third-order valence-electron chi connectivity index (χ3n) is 2.98. The molecule has 0 radical (unpaired) electrons. The number of benzene rings is 1. The van der Waals surface area contributed by atoms with Gasteiger partial charge in [0, 0.05) is 19.5 Å². The van der Waals surface area contributed by atoms with Crippen LogP contribution in [0.2, 0.25) is 0 Å². The number of hydrogen-bond acceptors (Lipinski definition) is 3. The molecule has 18 heavy (non-hydrogen) atoms. The molecule has 6 heteroatoms. The summed E-state index contributed by atoms with van der Waals surface area (Å²) >= 11 is 3.70. The number of thiol groups is 1. The van der Waals surface area contributed by atoms with Crippen molar-refractivity contribution < 1.29 is 13.2 Å². The van der Waals surface area contributed by atoms with Gasteiger partial charge in [0.25, 0.3) is 0 Å². The highest BCUT2D eigenvalue weighted by Crippen LogP contribution is 2.21. The molecule has 0 N–H and O–H groups in total. The van der Waals surface area contributed by atoms with Crippen molar-refractivity contribution in [3.63, 3.8) is 0 Å². The summed E-state index contributed by atoms with van der Waals surface area (Å²) in [5.41, 5.74) is 0.773. The fourth-order valence-corrected chi connectivity index (χ4v) is 3.73. The first kappa shape index (κ1) is 13.6. The second-order valence-corrected chi connectivity index (χ2v) is 6.76. The van der Waals surface area contributed by atoms with Gasteiger partial charge in [-0.1, -0.05) is 12.1 Å². The van der Waals surface area contributed by atoms with Gasteiger partial charge in [-0.15, -0.1) is 12.6 Å². The van der Waals surface area contributed by atoms with E-state index in [4.69, 9.17) is 0 Å². The zero-order valence-corrected chi connectivity index (χ0v) is 11.6. The van der Waals surface area contributed by atoms with E-state index in [9.17, 15) is 13.2 Å². The molecular weight excluding hydrogens is 270 g/mol. The summed E-state index contributed by atoms with van der Waals surface area (Å²) in [7, 11) is -3.35. The second kappa shape index (κ2) is 5.42. The van der Waals surface area contributed by atoms with Gasteiger partial charge in [0.05, 0.1) is 4.90 Å². The van der Waals surface area contributed by atoms with E-state index in [1.165, 1.54) is 4.31 Å². The quantitative estimate of drug-likeness (QED) is 0.852. The highest BCUT2D eigenvalue weighted by atomic mass is 32.2. The van der Waals surface area contributed by atoms with E-state index in [-0.39, 0.29) is 11.5 Å². The minimum atomic E-state index is -3.35. The van der Waals surface area contributed by atoms with Crippen LogP contribution in [0.25, 0.3) is 0 Å². The van der Waals surface area contributed by atoms with Crippen molar-refractivity contribution in [2.24, 2.45) is 0 Å². The lowest BCUT2D eigenvalue weighted by atomic mass is 10.2. The van der Waals surface area contributed by atoms with Gasteiger partial charge in [-0.25, -0.2) is 8.42 Å². The molecule has 2 rings (SSSR count). The minimum Gasteiger partial charge on any atom is -0.287 e. The Labute approximate surface area is 112 Å². The van der Waals surface area contributed by atoms with E-state index in [0.29, 0.717) is 18.0 Å². The topological polar surface area (TPSA) is 54.5 Å². The van der Waals surface area contributed by atoms with Crippen LogP contribution in [-0.4, -0.2) is 30.9 Å². The second-order valence-electron chi connectivity index (χ2n) is 4.33. The Hall–Kier alpha value is -0.850. The van der Waals surface area contributed by atoms with Gasteiger partial charge >= 0.3 is 0 Å². The van der Waals surface area contributed by atoms with Crippen LogP contribution in [0.15, 0.2) is 29.2 Å². The molecule has 1 aromatic carbocycles. The third kappa shape index (κ3) is 2.93. The van der Waals surface area contributed by atoms with Crippen molar-refractivity contribution in [2.45, 2.75) is 24.2 Å². The Morgan fingerprint density at radius 2 is 1.72 bits per heavy atom. The Morgan fingerprint density at radius 1 is 1.17 bits per heavy atom. The molecule has 1 aromatic rings. The van der Waals surface area contributed by atoms with E-state index in [0.717, 1.165) is 18.4 Å². The lowest BCUT2D eigenvalue weighted by Gasteiger charge is -2.15. The zero-order chi connectivity index (χ0) is 13.2. The number of carbonyl (C=O) groups is 1. The molecule has 0 spiro atoms. The molecule has 1 fully saturated rings. The van der Waals surface area contributed by atoms with Crippen LogP contribution in [0.3, 0.4) is 0 Å². The Bertz CT molecular complexity index is 531. The Morgan fingerprint density at radius 3 is 2.22 bits per heavy atom. The van der Waals surface area contributed by atoms with Gasteiger partial charge in [0.2, 0.25) is 10.0 Å². The highest BCUT2D eigenvalue weighted by Gasteiger charge is 2.26. The van der Waals surface area contributed by atoms with Gasteiger partial charge in [0.1, 0.15) is 0 Å². The summed E-state index contributed by atoms with van der Waals surface area (Å²) in [5, 5.41) is -0.231. The average molecular weight is 285 g/mol. The average Bonchev–Trinajstić information content (AvgIpc) is 2.83. The van der Waals surface area contributed by atoms with Gasteiger partial charge in [-0.05, 0) is 30.5 Å². The molecule has 4 nitrogen and oxygen atoms in total. The Kier molecular flexibility index (Phi) is 4.09. The molecule has 0 amide bonds. The van der Waals surface area contributed by atoms with E-state index in [1.807, 2.05) is 0 Å². The summed E-state index contributed by atoms with van der Waals surface area (Å²) in [6.45, 7) is 1.19. The van der Waals surface area contributed by atoms with E-state index >= 15 is 0 Å². The van der Waals surface area contributed by atoms with Crippen molar-refractivity contribution in [3.05, 3.63) is 29.8 Å². The van der Waals surface area contributed by atoms with Crippen LogP contribution in [0, 0.1) is 0 Å². The van der Waals surface area contributed by atoms with Crippen molar-refractivity contribution in [2.75, 3.05) is 13.1 Å². The number of sulfonamides is 1. The number of nitrogens with zero attached hydrogens (tertiary/aromatic N) is 1. The molecule has 0 aromatic heterocycles. The molecule has 98 valence electrons. The van der Waals surface area contributed by atoms with E-state index in [2.05, 4.69) is 12.6 Å². The van der Waals surface area contributed by atoms with Crippen molar-refractivity contribution in [3.8, 4) is 0 Å². The van der Waals surface area contributed by atoms with Gasteiger partial charge in [-0.2, -0.15) is 4.31 Å². The van der Waals surface area contributed by atoms with Crippen LogP contribution in [0.4, 0.5) is 0 Å². The third-order valence-corrected chi connectivity index (χ3v) is 5.05. The summed E-state index contributed by atoms with van der Waals surface area (Å²) in [5.74, 6) is 0. The maximum absolute atomic E-state index is 12.2. The molecule has 1 saturated heterocycles. The predicted molar refractivity (Wildman–Crippen MR) is 72.1 cm³/mol. The number of rotatable bonds is 4. The first-order valence-electron chi connectivity index (χ1n) is 5.81. The largest absolute Gasteiger partial charge is 0.287 e. The van der Waals surface area contributed by atoms with E-state index in [1.54, 1.807) is 24.3 Å². The maximum atomic E-state index is 12.2. The zero-order valence-electron chi connectivity index (χ0n) is 9.87. The maximum Gasteiger partial charge on any atom is 0.243 e. The SMILES string of the molecule is O=C(S)Cc1ccc(S(=O)(=O)N2CCCC2)cc1. The van der Waals surface area contributed by atoms with Crippen LogP contribution >= 0.6 is 12.6 Å². The lowest BCUT2D eigenvalue weighted by molar-refractivity contribution is -0.110. The molecular formula is C12H15NO3S2. The molecule has 0 saturated carbocycles. The molecule has 1 heterocycles. The highest BCUT2D eigenvalue weighted by molar-refractivity contribution is 7.96. The number of carbonyl (C=O) groups excluding carboxylic acids is 1. The van der Waals surface area contributed by atoms with Crippen LogP contribution in [-0.2, 0) is 21.2 Å². The molecule has 0 atom stereocenters. The van der Waals surface area contributed by atoms with Crippen LogP contribution in [0.5, 0.6) is 0 Å². The van der Waals surface area contributed by atoms with Gasteiger partial charge in [0.15, 0.2) is 5.12 Å². The predicted octanol–water partition coefficient (Wildman–Crippen LogP) is 1.47. The standard InChI is InChI=1S/C12H15NO3S2/c14-12(17)9-10-3-5-11(6-4-10)18(15,16)13-7-1-2-8-13/h3-6H,1-2,7-9H2,(H,14,17). The van der Waals surface area contributed by atoms with Crippen molar-refractivity contribution in [1.82, 2.24) is 4.31 Å². The fourth-order valence-electron chi connectivity index (χ4n) is 2.03. The van der Waals surface area contributed by atoms with Crippen LogP contribution < -0.4 is 0 Å². The fraction of sp³-hybridized carbons (Fsp3) is 0.417. The molecule has 1 aliphatic rings. The summed E-state index contributed by atoms with van der Waals surface area (Å²) in [4.78, 5) is 11.1. The minimum absolute atomic E-state index is 0.215. The van der Waals surface area contributed by atoms with E-state index < -0.39 is 10.0 Å². The van der Waals surface area contributed by atoms with Gasteiger partial charge in [-0.3, -0.25) is 4.79 Å². The number of hydrogen-bond donors (Lipinski definition) is 1. The van der Waals surface area contributed by atoms with Gasteiger partial charge < -0.3 is 0 Å².